The predicted molar refractivity (Wildman–Crippen MR) is 50.4 cm³/mol. The second kappa shape index (κ2) is 4.50. The molecule has 0 aliphatic rings. The van der Waals surface area contributed by atoms with E-state index in [1.807, 2.05) is 0 Å². The van der Waals surface area contributed by atoms with Crippen LogP contribution in [0.2, 0.25) is 0 Å². The highest BCUT2D eigenvalue weighted by atomic mass is 79.9. The quantitative estimate of drug-likeness (QED) is 0.852. The zero-order valence-electron chi connectivity index (χ0n) is 7.01. The van der Waals surface area contributed by atoms with Crippen molar-refractivity contribution in [1.82, 2.24) is 0 Å². The Hall–Kier alpha value is -0.970. The molecule has 0 saturated carbocycles. The van der Waals surface area contributed by atoms with Gasteiger partial charge in [-0.15, -0.1) is 0 Å². The van der Waals surface area contributed by atoms with Crippen LogP contribution in [0.3, 0.4) is 0 Å². The zero-order valence-corrected chi connectivity index (χ0v) is 8.59. The summed E-state index contributed by atoms with van der Waals surface area (Å²) in [6, 6.07) is 3.43. The Morgan fingerprint density at radius 1 is 1.43 bits per heavy atom. The van der Waals surface area contributed by atoms with E-state index in [-0.39, 0.29) is 12.0 Å². The van der Waals surface area contributed by atoms with Gasteiger partial charge in [-0.1, -0.05) is 22.0 Å². The van der Waals surface area contributed by atoms with Crippen LogP contribution < -0.4 is 0 Å². The molecule has 0 heterocycles. The summed E-state index contributed by atoms with van der Waals surface area (Å²) in [5.41, 5.74) is -0.211. The second-order valence-electron chi connectivity index (χ2n) is 2.71. The first kappa shape index (κ1) is 11.1. The molecule has 0 aliphatic heterocycles. The fourth-order valence-electron chi connectivity index (χ4n) is 0.994. The van der Waals surface area contributed by atoms with Gasteiger partial charge in [0.2, 0.25) is 0 Å². The van der Waals surface area contributed by atoms with Gasteiger partial charge in [0.15, 0.2) is 0 Å². The molecule has 0 aromatic heterocycles. The van der Waals surface area contributed by atoms with E-state index in [0.717, 1.165) is 12.1 Å². The van der Waals surface area contributed by atoms with Crippen LogP contribution in [0.1, 0.15) is 5.56 Å². The summed E-state index contributed by atoms with van der Waals surface area (Å²) in [6.45, 7) is 0. The van der Waals surface area contributed by atoms with Crippen LogP contribution >= 0.6 is 15.9 Å². The molecule has 0 amide bonds. The molecule has 14 heavy (non-hydrogen) atoms. The van der Waals surface area contributed by atoms with Crippen LogP contribution in [0, 0.1) is 11.6 Å². The van der Waals surface area contributed by atoms with E-state index >= 15 is 0 Å². The van der Waals surface area contributed by atoms with Crippen LogP contribution in [0.25, 0.3) is 0 Å². The number of carboxylic acid groups (broad SMARTS) is 1. The minimum Gasteiger partial charge on any atom is -0.480 e. The highest BCUT2D eigenvalue weighted by Gasteiger charge is 2.18. The van der Waals surface area contributed by atoms with E-state index in [9.17, 15) is 13.6 Å². The van der Waals surface area contributed by atoms with E-state index in [1.165, 1.54) is 6.07 Å². The summed E-state index contributed by atoms with van der Waals surface area (Å²) >= 11 is 2.81. The molecule has 1 atom stereocenters. The molecule has 1 unspecified atom stereocenters. The Bertz CT molecular complexity index is 334. The van der Waals surface area contributed by atoms with Crippen molar-refractivity contribution < 1.29 is 18.7 Å². The zero-order chi connectivity index (χ0) is 10.7. The summed E-state index contributed by atoms with van der Waals surface area (Å²) in [6.07, 6.45) is -0.214. The molecule has 2 nitrogen and oxygen atoms in total. The number of aliphatic carboxylic acids is 1. The minimum atomic E-state index is -1.15. The molecule has 0 saturated heterocycles. The lowest BCUT2D eigenvalue weighted by Crippen LogP contribution is -2.17. The molecular formula is C9H7BrF2O2. The maximum atomic E-state index is 13.0. The van der Waals surface area contributed by atoms with E-state index in [4.69, 9.17) is 5.11 Å². The first-order valence-electron chi connectivity index (χ1n) is 3.82. The van der Waals surface area contributed by atoms with Gasteiger partial charge in [0, 0.05) is 12.0 Å². The van der Waals surface area contributed by atoms with Crippen LogP contribution in [0.4, 0.5) is 8.78 Å². The molecule has 0 radical (unpaired) electrons. The lowest BCUT2D eigenvalue weighted by atomic mass is 10.1. The number of carboxylic acids is 1. The Balaban J connectivity index is 2.91. The molecule has 76 valence electrons. The first-order valence-corrected chi connectivity index (χ1v) is 4.73. The van der Waals surface area contributed by atoms with E-state index in [0.29, 0.717) is 0 Å². The lowest BCUT2D eigenvalue weighted by Gasteiger charge is -2.06. The standard InChI is InChI=1S/C9H7BrF2O2/c10-6(9(13)14)4-5-7(11)2-1-3-8(5)12/h1-3,6H,4H2,(H,13,14). The normalized spacial score (nSPS) is 12.5. The average molecular weight is 265 g/mol. The summed E-state index contributed by atoms with van der Waals surface area (Å²) in [5, 5.41) is 8.53. The highest BCUT2D eigenvalue weighted by molar-refractivity contribution is 9.10. The number of hydrogen-bond donors (Lipinski definition) is 1. The number of carbonyl (C=O) groups is 1. The van der Waals surface area contributed by atoms with Crippen molar-refractivity contribution in [3.05, 3.63) is 35.4 Å². The second-order valence-corrected chi connectivity index (χ2v) is 3.82. The Morgan fingerprint density at radius 3 is 2.36 bits per heavy atom. The fraction of sp³-hybridized carbons (Fsp3) is 0.222. The molecule has 5 heteroatoms. The third-order valence-electron chi connectivity index (χ3n) is 1.71. The van der Waals surface area contributed by atoms with Crippen molar-refractivity contribution in [3.63, 3.8) is 0 Å². The average Bonchev–Trinajstić information content (AvgIpc) is 2.11. The number of hydrogen-bond acceptors (Lipinski definition) is 1. The van der Waals surface area contributed by atoms with Gasteiger partial charge in [-0.25, -0.2) is 8.78 Å². The largest absolute Gasteiger partial charge is 0.480 e. The molecular weight excluding hydrogens is 258 g/mol. The molecule has 1 aromatic rings. The van der Waals surface area contributed by atoms with Gasteiger partial charge < -0.3 is 5.11 Å². The maximum absolute atomic E-state index is 13.0. The van der Waals surface area contributed by atoms with Crippen molar-refractivity contribution in [3.8, 4) is 0 Å². The number of alkyl halides is 1. The predicted octanol–water partition coefficient (Wildman–Crippen LogP) is 2.36. The smallest absolute Gasteiger partial charge is 0.317 e. The Morgan fingerprint density at radius 2 is 1.93 bits per heavy atom. The van der Waals surface area contributed by atoms with E-state index in [2.05, 4.69) is 15.9 Å². The van der Waals surface area contributed by atoms with E-state index in [1.54, 1.807) is 0 Å². The molecule has 0 fully saturated rings. The lowest BCUT2D eigenvalue weighted by molar-refractivity contribution is -0.136. The molecule has 0 bridgehead atoms. The van der Waals surface area contributed by atoms with Crippen molar-refractivity contribution in [2.45, 2.75) is 11.2 Å². The minimum absolute atomic E-state index is 0.211. The number of benzene rings is 1. The van der Waals surface area contributed by atoms with Gasteiger partial charge in [-0.3, -0.25) is 4.79 Å². The third kappa shape index (κ3) is 2.51. The summed E-state index contributed by atoms with van der Waals surface area (Å²) in [4.78, 5) is 9.46. The summed E-state index contributed by atoms with van der Waals surface area (Å²) in [5.74, 6) is -2.60. The van der Waals surface area contributed by atoms with Gasteiger partial charge in [-0.2, -0.15) is 0 Å². The van der Waals surface area contributed by atoms with Crippen molar-refractivity contribution in [2.24, 2.45) is 0 Å². The van der Waals surface area contributed by atoms with E-state index < -0.39 is 22.4 Å². The van der Waals surface area contributed by atoms with Gasteiger partial charge in [0.1, 0.15) is 16.5 Å². The van der Waals surface area contributed by atoms with Crippen LogP contribution in [-0.2, 0) is 11.2 Å². The molecule has 1 rings (SSSR count). The molecule has 1 N–H and O–H groups in total. The third-order valence-corrected chi connectivity index (χ3v) is 2.43. The Kier molecular flexibility index (Phi) is 3.57. The number of rotatable bonds is 3. The van der Waals surface area contributed by atoms with Crippen molar-refractivity contribution in [1.29, 1.82) is 0 Å². The molecule has 0 spiro atoms. The van der Waals surface area contributed by atoms with Crippen molar-refractivity contribution >= 4 is 21.9 Å². The van der Waals surface area contributed by atoms with Crippen LogP contribution in [0.5, 0.6) is 0 Å². The number of halogens is 3. The van der Waals surface area contributed by atoms with Gasteiger partial charge in [0.05, 0.1) is 0 Å². The molecule has 0 aliphatic carbocycles. The molecule has 1 aromatic carbocycles. The first-order chi connectivity index (χ1) is 6.52. The fourth-order valence-corrected chi connectivity index (χ4v) is 1.32. The topological polar surface area (TPSA) is 37.3 Å². The monoisotopic (exact) mass is 264 g/mol. The summed E-state index contributed by atoms with van der Waals surface area (Å²) in [7, 11) is 0. The Labute approximate surface area is 87.7 Å². The summed E-state index contributed by atoms with van der Waals surface area (Å²) < 4.78 is 26.0. The maximum Gasteiger partial charge on any atom is 0.317 e. The van der Waals surface area contributed by atoms with Gasteiger partial charge in [-0.05, 0) is 12.1 Å². The van der Waals surface area contributed by atoms with Crippen LogP contribution in [-0.4, -0.2) is 15.9 Å². The SMILES string of the molecule is O=C(O)C(Br)Cc1c(F)cccc1F. The highest BCUT2D eigenvalue weighted by Crippen LogP contribution is 2.17. The van der Waals surface area contributed by atoms with Gasteiger partial charge >= 0.3 is 5.97 Å². The van der Waals surface area contributed by atoms with Crippen LogP contribution in [0.15, 0.2) is 18.2 Å². The van der Waals surface area contributed by atoms with Crippen molar-refractivity contribution in [2.75, 3.05) is 0 Å². The van der Waals surface area contributed by atoms with Gasteiger partial charge in [0.25, 0.3) is 0 Å².